The summed E-state index contributed by atoms with van der Waals surface area (Å²) in [4.78, 5) is 17.0. The molecule has 6 nitrogen and oxygen atoms in total. The summed E-state index contributed by atoms with van der Waals surface area (Å²) < 4.78 is 0. The van der Waals surface area contributed by atoms with Crippen molar-refractivity contribution in [2.24, 2.45) is 0 Å². The Hall–Kier alpha value is -1.82. The van der Waals surface area contributed by atoms with Gasteiger partial charge in [0.05, 0.1) is 12.2 Å². The number of likely N-dealkylation sites (N-methyl/N-ethyl adjacent to an activating group) is 1. The molecule has 2 N–H and O–H groups in total. The Morgan fingerprint density at radius 1 is 1.43 bits per heavy atom. The van der Waals surface area contributed by atoms with Crippen LogP contribution in [0.5, 0.6) is 0 Å². The van der Waals surface area contributed by atoms with Gasteiger partial charge >= 0.3 is 6.03 Å². The highest BCUT2D eigenvalue weighted by atomic mass is 16.2. The van der Waals surface area contributed by atoms with Crippen LogP contribution in [-0.4, -0.2) is 58.8 Å². The van der Waals surface area contributed by atoms with Crippen LogP contribution in [0.1, 0.15) is 44.2 Å². The van der Waals surface area contributed by atoms with Crippen LogP contribution in [0.2, 0.25) is 0 Å². The van der Waals surface area contributed by atoms with E-state index in [1.165, 1.54) is 5.57 Å². The molecule has 2 aliphatic heterocycles. The fraction of sp³-hybridized carbons (Fsp3) is 0.647. The van der Waals surface area contributed by atoms with Gasteiger partial charge in [-0.3, -0.25) is 5.10 Å². The molecule has 6 heteroatoms. The standard InChI is InChI=1S/C17H27N5O/c1-13(14-6-9-21(2)10-7-14)20-17(23)22-8-4-3-5-16(22)15-11-18-19-12-15/h6,11-13,16H,3-5,7-10H2,1-2H3,(H,18,19)(H,20,23). The second-order valence-corrected chi connectivity index (χ2v) is 6.70. The Kier molecular flexibility index (Phi) is 5.00. The van der Waals surface area contributed by atoms with Crippen molar-refractivity contribution >= 4 is 6.03 Å². The van der Waals surface area contributed by atoms with Crippen LogP contribution in [0.15, 0.2) is 24.0 Å². The summed E-state index contributed by atoms with van der Waals surface area (Å²) in [6.45, 7) is 4.94. The fourth-order valence-corrected chi connectivity index (χ4v) is 3.50. The molecule has 0 bridgehead atoms. The number of hydrogen-bond donors (Lipinski definition) is 2. The van der Waals surface area contributed by atoms with Gasteiger partial charge in [0.2, 0.25) is 0 Å². The lowest BCUT2D eigenvalue weighted by Gasteiger charge is -2.36. The Bertz CT molecular complexity index is 553. The number of nitrogens with zero attached hydrogens (tertiary/aromatic N) is 3. The number of nitrogens with one attached hydrogen (secondary N) is 2. The lowest BCUT2D eigenvalue weighted by atomic mass is 9.97. The van der Waals surface area contributed by atoms with Gasteiger partial charge in [-0.05, 0) is 45.2 Å². The molecule has 1 aromatic rings. The maximum absolute atomic E-state index is 12.8. The molecule has 2 atom stereocenters. The van der Waals surface area contributed by atoms with Crippen LogP contribution in [0.25, 0.3) is 0 Å². The van der Waals surface area contributed by atoms with Crippen molar-refractivity contribution in [2.45, 2.75) is 44.7 Å². The molecule has 3 heterocycles. The first kappa shape index (κ1) is 16.1. The zero-order valence-electron chi connectivity index (χ0n) is 14.1. The molecular weight excluding hydrogens is 290 g/mol. The number of amides is 2. The molecule has 0 radical (unpaired) electrons. The van der Waals surface area contributed by atoms with Crippen LogP contribution in [0.4, 0.5) is 4.79 Å². The first-order valence-electron chi connectivity index (χ1n) is 8.58. The third kappa shape index (κ3) is 3.75. The van der Waals surface area contributed by atoms with Crippen molar-refractivity contribution in [1.82, 2.24) is 25.3 Å². The SMILES string of the molecule is CC(NC(=O)N1CCCCC1c1cn[nH]c1)C1=CCN(C)CC1. The maximum atomic E-state index is 12.8. The summed E-state index contributed by atoms with van der Waals surface area (Å²) >= 11 is 0. The number of hydrogen-bond acceptors (Lipinski definition) is 3. The Labute approximate surface area is 137 Å². The molecule has 126 valence electrons. The smallest absolute Gasteiger partial charge is 0.318 e. The second kappa shape index (κ2) is 7.17. The van der Waals surface area contributed by atoms with Gasteiger partial charge in [-0.1, -0.05) is 6.08 Å². The van der Waals surface area contributed by atoms with E-state index in [-0.39, 0.29) is 18.1 Å². The average molecular weight is 317 g/mol. The molecule has 23 heavy (non-hydrogen) atoms. The summed E-state index contributed by atoms with van der Waals surface area (Å²) in [6.07, 6.45) is 10.3. The summed E-state index contributed by atoms with van der Waals surface area (Å²) in [5.74, 6) is 0. The number of carbonyl (C=O) groups is 1. The van der Waals surface area contributed by atoms with Crippen molar-refractivity contribution < 1.29 is 4.79 Å². The van der Waals surface area contributed by atoms with Crippen molar-refractivity contribution in [1.29, 1.82) is 0 Å². The maximum Gasteiger partial charge on any atom is 0.318 e. The Balaban J connectivity index is 1.64. The number of likely N-dealkylation sites (tertiary alicyclic amines) is 1. The normalized spacial score (nSPS) is 24.2. The third-order valence-corrected chi connectivity index (χ3v) is 5.01. The molecule has 1 saturated heterocycles. The van der Waals surface area contributed by atoms with E-state index in [9.17, 15) is 4.79 Å². The molecule has 2 unspecified atom stereocenters. The largest absolute Gasteiger partial charge is 0.332 e. The van der Waals surface area contributed by atoms with Gasteiger partial charge in [0.1, 0.15) is 0 Å². The van der Waals surface area contributed by atoms with Crippen LogP contribution in [0, 0.1) is 0 Å². The minimum atomic E-state index is 0.0447. The van der Waals surface area contributed by atoms with E-state index in [1.807, 2.05) is 17.3 Å². The fourth-order valence-electron chi connectivity index (χ4n) is 3.50. The highest BCUT2D eigenvalue weighted by Crippen LogP contribution is 2.30. The number of urea groups is 1. The van der Waals surface area contributed by atoms with Gasteiger partial charge < -0.3 is 15.1 Å². The lowest BCUT2D eigenvalue weighted by Crippen LogP contribution is -2.48. The third-order valence-electron chi connectivity index (χ3n) is 5.01. The quantitative estimate of drug-likeness (QED) is 0.841. The number of aromatic amines is 1. The van der Waals surface area contributed by atoms with Crippen LogP contribution < -0.4 is 5.32 Å². The zero-order chi connectivity index (χ0) is 16.2. The number of H-pyrrole nitrogens is 1. The molecule has 3 rings (SSSR count). The Morgan fingerprint density at radius 2 is 2.30 bits per heavy atom. The van der Waals surface area contributed by atoms with Crippen molar-refractivity contribution in [3.63, 3.8) is 0 Å². The second-order valence-electron chi connectivity index (χ2n) is 6.70. The summed E-state index contributed by atoms with van der Waals surface area (Å²) in [7, 11) is 2.12. The van der Waals surface area contributed by atoms with Gasteiger partial charge in [0.25, 0.3) is 0 Å². The molecule has 2 aliphatic rings. The topological polar surface area (TPSA) is 64.3 Å². The average Bonchev–Trinajstić information content (AvgIpc) is 3.09. The van der Waals surface area contributed by atoms with Crippen molar-refractivity contribution in [3.8, 4) is 0 Å². The monoisotopic (exact) mass is 317 g/mol. The lowest BCUT2D eigenvalue weighted by molar-refractivity contribution is 0.149. The number of rotatable bonds is 3. The predicted molar refractivity (Wildman–Crippen MR) is 90.1 cm³/mol. The van der Waals surface area contributed by atoms with Crippen LogP contribution in [0.3, 0.4) is 0 Å². The molecular formula is C17H27N5O. The van der Waals surface area contributed by atoms with Gasteiger partial charge in [-0.15, -0.1) is 0 Å². The van der Waals surface area contributed by atoms with Gasteiger partial charge in [-0.2, -0.15) is 5.10 Å². The molecule has 0 aliphatic carbocycles. The number of carbonyl (C=O) groups excluding carboxylic acids is 1. The van der Waals surface area contributed by atoms with E-state index >= 15 is 0 Å². The van der Waals surface area contributed by atoms with Crippen molar-refractivity contribution in [2.75, 3.05) is 26.7 Å². The minimum Gasteiger partial charge on any atom is -0.332 e. The Morgan fingerprint density at radius 3 is 3.00 bits per heavy atom. The van der Waals surface area contributed by atoms with Crippen LogP contribution in [-0.2, 0) is 0 Å². The van der Waals surface area contributed by atoms with Gasteiger partial charge in [-0.25, -0.2) is 4.79 Å². The highest BCUT2D eigenvalue weighted by Gasteiger charge is 2.29. The molecule has 0 aromatic carbocycles. The number of piperidine rings is 1. The molecule has 1 fully saturated rings. The van der Waals surface area contributed by atoms with Crippen LogP contribution >= 0.6 is 0 Å². The van der Waals surface area contributed by atoms with E-state index in [2.05, 4.69) is 40.5 Å². The van der Waals surface area contributed by atoms with E-state index < -0.39 is 0 Å². The molecule has 2 amide bonds. The summed E-state index contributed by atoms with van der Waals surface area (Å²) in [6, 6.07) is 0.285. The first-order chi connectivity index (χ1) is 11.1. The molecule has 1 aromatic heterocycles. The number of aromatic nitrogens is 2. The predicted octanol–water partition coefficient (Wildman–Crippen LogP) is 2.30. The highest BCUT2D eigenvalue weighted by molar-refractivity contribution is 5.75. The van der Waals surface area contributed by atoms with Gasteiger partial charge in [0.15, 0.2) is 0 Å². The van der Waals surface area contributed by atoms with E-state index in [1.54, 1.807) is 0 Å². The summed E-state index contributed by atoms with van der Waals surface area (Å²) in [5, 5.41) is 10.1. The first-order valence-corrected chi connectivity index (χ1v) is 8.58. The van der Waals surface area contributed by atoms with E-state index in [4.69, 9.17) is 0 Å². The van der Waals surface area contributed by atoms with E-state index in [0.29, 0.717) is 0 Å². The van der Waals surface area contributed by atoms with E-state index in [0.717, 1.165) is 50.9 Å². The molecule has 0 saturated carbocycles. The zero-order valence-corrected chi connectivity index (χ0v) is 14.1. The minimum absolute atomic E-state index is 0.0447. The van der Waals surface area contributed by atoms with Gasteiger partial charge in [0, 0.05) is 37.4 Å². The van der Waals surface area contributed by atoms with Crippen molar-refractivity contribution in [3.05, 3.63) is 29.6 Å². The molecule has 0 spiro atoms. The summed E-state index contributed by atoms with van der Waals surface area (Å²) in [5.41, 5.74) is 2.44.